The van der Waals surface area contributed by atoms with Crippen molar-refractivity contribution in [3.8, 4) is 11.5 Å². The summed E-state index contributed by atoms with van der Waals surface area (Å²) < 4.78 is 5.46. The number of aromatic nitrogens is 1. The Labute approximate surface area is 139 Å². The summed E-state index contributed by atoms with van der Waals surface area (Å²) in [6, 6.07) is 7.22. The van der Waals surface area contributed by atoms with Gasteiger partial charge in [-0.2, -0.15) is 0 Å². The molecule has 0 spiro atoms. The van der Waals surface area contributed by atoms with Gasteiger partial charge in [-0.05, 0) is 43.0 Å². The molecule has 6 heteroatoms. The molecule has 1 N–H and O–H groups in total. The second kappa shape index (κ2) is 7.15. The number of aliphatic hydroxyl groups is 1. The normalized spacial score (nSPS) is 15.8. The largest absolute Gasteiger partial charge is 0.444 e. The van der Waals surface area contributed by atoms with Crippen molar-refractivity contribution in [3.05, 3.63) is 41.2 Å². The number of halogens is 1. The van der Waals surface area contributed by atoms with Crippen molar-refractivity contribution in [2.24, 2.45) is 5.92 Å². The van der Waals surface area contributed by atoms with Gasteiger partial charge in [0.2, 0.25) is 11.8 Å². The first-order valence-electron chi connectivity index (χ1n) is 7.74. The van der Waals surface area contributed by atoms with Crippen LogP contribution >= 0.6 is 11.6 Å². The van der Waals surface area contributed by atoms with Gasteiger partial charge in [0.05, 0.1) is 12.1 Å². The molecular weight excluding hydrogens is 316 g/mol. The van der Waals surface area contributed by atoms with Gasteiger partial charge in [-0.3, -0.25) is 4.79 Å². The fraction of sp³-hybridized carbons (Fsp3) is 0.412. The summed E-state index contributed by atoms with van der Waals surface area (Å²) in [5, 5.41) is 9.80. The van der Waals surface area contributed by atoms with Gasteiger partial charge in [0.1, 0.15) is 6.26 Å². The van der Waals surface area contributed by atoms with E-state index in [-0.39, 0.29) is 18.9 Å². The fourth-order valence-corrected chi connectivity index (χ4v) is 2.87. The predicted octanol–water partition coefficient (Wildman–Crippen LogP) is 2.77. The average Bonchev–Trinajstić information content (AvgIpc) is 3.04. The maximum atomic E-state index is 12.3. The lowest BCUT2D eigenvalue weighted by atomic mass is 9.97. The number of oxazole rings is 1. The molecule has 1 aromatic carbocycles. The Kier molecular flexibility index (Phi) is 4.98. The topological polar surface area (TPSA) is 66.6 Å². The smallest absolute Gasteiger partial charge is 0.228 e. The maximum absolute atomic E-state index is 12.3. The van der Waals surface area contributed by atoms with Crippen molar-refractivity contribution >= 4 is 17.5 Å². The van der Waals surface area contributed by atoms with E-state index in [9.17, 15) is 4.79 Å². The van der Waals surface area contributed by atoms with Gasteiger partial charge in [-0.15, -0.1) is 0 Å². The van der Waals surface area contributed by atoms with E-state index in [0.717, 1.165) is 18.4 Å². The van der Waals surface area contributed by atoms with E-state index in [2.05, 4.69) is 4.98 Å². The molecule has 1 amide bonds. The second-order valence-corrected chi connectivity index (χ2v) is 6.27. The first-order valence-corrected chi connectivity index (χ1v) is 8.12. The molecule has 5 nitrogen and oxygen atoms in total. The molecule has 0 aliphatic carbocycles. The Morgan fingerprint density at radius 3 is 2.65 bits per heavy atom. The highest BCUT2D eigenvalue weighted by Crippen LogP contribution is 2.22. The quantitative estimate of drug-likeness (QED) is 0.933. The van der Waals surface area contributed by atoms with E-state index in [1.54, 1.807) is 12.1 Å². The number of benzene rings is 1. The molecule has 2 aromatic rings. The Balaban J connectivity index is 1.60. The van der Waals surface area contributed by atoms with Crippen LogP contribution in [-0.2, 0) is 11.2 Å². The number of piperidine rings is 1. The number of aliphatic hydroxyl groups excluding tert-OH is 1. The summed E-state index contributed by atoms with van der Waals surface area (Å²) in [5.74, 6) is 0.864. The van der Waals surface area contributed by atoms with Gasteiger partial charge in [-0.25, -0.2) is 4.98 Å². The number of likely N-dealkylation sites (tertiary alicyclic amines) is 1. The SMILES string of the molecule is O=C(Cc1coc(-c2ccc(Cl)cc2)n1)N1CCC(CO)CC1. The highest BCUT2D eigenvalue weighted by molar-refractivity contribution is 6.30. The standard InChI is InChI=1S/C17H19ClN2O3/c18-14-3-1-13(2-4-14)17-19-15(11-23-17)9-16(22)20-7-5-12(10-21)6-8-20/h1-4,11-12,21H,5-10H2. The third-order valence-corrected chi connectivity index (χ3v) is 4.45. The lowest BCUT2D eigenvalue weighted by Crippen LogP contribution is -2.40. The molecule has 3 rings (SSSR count). The fourth-order valence-electron chi connectivity index (χ4n) is 2.74. The summed E-state index contributed by atoms with van der Waals surface area (Å²) in [6.45, 7) is 1.60. The molecule has 2 heterocycles. The van der Waals surface area contributed by atoms with Gasteiger partial charge in [0.25, 0.3) is 0 Å². The van der Waals surface area contributed by atoms with Gasteiger partial charge < -0.3 is 14.4 Å². The van der Waals surface area contributed by atoms with E-state index < -0.39 is 0 Å². The summed E-state index contributed by atoms with van der Waals surface area (Å²) in [4.78, 5) is 18.5. The number of hydrogen-bond acceptors (Lipinski definition) is 4. The van der Waals surface area contributed by atoms with Crippen LogP contribution < -0.4 is 0 Å². The number of carbonyl (C=O) groups is 1. The van der Waals surface area contributed by atoms with Gasteiger partial charge in [0.15, 0.2) is 0 Å². The molecule has 0 unspecified atom stereocenters. The van der Waals surface area contributed by atoms with E-state index in [1.807, 2.05) is 17.0 Å². The molecule has 0 bridgehead atoms. The van der Waals surface area contributed by atoms with Crippen LogP contribution in [0, 0.1) is 5.92 Å². The van der Waals surface area contributed by atoms with Crippen molar-refractivity contribution in [2.75, 3.05) is 19.7 Å². The van der Waals surface area contributed by atoms with Crippen molar-refractivity contribution in [3.63, 3.8) is 0 Å². The molecule has 23 heavy (non-hydrogen) atoms. The van der Waals surface area contributed by atoms with E-state index in [1.165, 1.54) is 6.26 Å². The lowest BCUT2D eigenvalue weighted by molar-refractivity contribution is -0.132. The third-order valence-electron chi connectivity index (χ3n) is 4.20. The van der Waals surface area contributed by atoms with Crippen molar-refractivity contribution in [1.29, 1.82) is 0 Å². The van der Waals surface area contributed by atoms with Gasteiger partial charge >= 0.3 is 0 Å². The van der Waals surface area contributed by atoms with Crippen molar-refractivity contribution < 1.29 is 14.3 Å². The van der Waals surface area contributed by atoms with Crippen molar-refractivity contribution in [1.82, 2.24) is 9.88 Å². The van der Waals surface area contributed by atoms with Gasteiger partial charge in [0, 0.05) is 30.3 Å². The molecule has 1 aromatic heterocycles. The maximum Gasteiger partial charge on any atom is 0.228 e. The number of hydrogen-bond donors (Lipinski definition) is 1. The molecule has 1 aliphatic rings. The average molecular weight is 335 g/mol. The van der Waals surface area contributed by atoms with E-state index in [0.29, 0.717) is 35.6 Å². The molecule has 0 atom stereocenters. The first kappa shape index (κ1) is 16.0. The Hall–Kier alpha value is -1.85. The van der Waals surface area contributed by atoms with E-state index >= 15 is 0 Å². The highest BCUT2D eigenvalue weighted by Gasteiger charge is 2.23. The molecule has 1 aliphatic heterocycles. The molecule has 0 saturated carbocycles. The summed E-state index contributed by atoms with van der Waals surface area (Å²) in [5.41, 5.74) is 1.46. The minimum absolute atomic E-state index is 0.0531. The minimum Gasteiger partial charge on any atom is -0.444 e. The van der Waals surface area contributed by atoms with Gasteiger partial charge in [-0.1, -0.05) is 11.6 Å². The zero-order valence-electron chi connectivity index (χ0n) is 12.7. The number of nitrogens with zero attached hydrogens (tertiary/aromatic N) is 2. The number of carbonyl (C=O) groups excluding carboxylic acids is 1. The monoisotopic (exact) mass is 334 g/mol. The molecule has 0 radical (unpaired) electrons. The van der Waals surface area contributed by atoms with Crippen LogP contribution in [0.5, 0.6) is 0 Å². The first-order chi connectivity index (χ1) is 11.2. The molecule has 122 valence electrons. The Morgan fingerprint density at radius 2 is 2.00 bits per heavy atom. The third kappa shape index (κ3) is 3.92. The lowest BCUT2D eigenvalue weighted by Gasteiger charge is -2.31. The van der Waals surface area contributed by atoms with Crippen LogP contribution in [0.3, 0.4) is 0 Å². The summed E-state index contributed by atoms with van der Waals surface area (Å²) >= 11 is 5.86. The Bertz CT molecular complexity index is 661. The highest BCUT2D eigenvalue weighted by atomic mass is 35.5. The number of rotatable bonds is 4. The van der Waals surface area contributed by atoms with Crippen LogP contribution in [-0.4, -0.2) is 40.6 Å². The number of amides is 1. The van der Waals surface area contributed by atoms with Crippen molar-refractivity contribution in [2.45, 2.75) is 19.3 Å². The predicted molar refractivity (Wildman–Crippen MR) is 87.0 cm³/mol. The summed E-state index contributed by atoms with van der Waals surface area (Å²) in [6.07, 6.45) is 3.48. The Morgan fingerprint density at radius 1 is 1.30 bits per heavy atom. The zero-order valence-corrected chi connectivity index (χ0v) is 13.5. The minimum atomic E-state index is 0.0531. The molecule has 1 fully saturated rings. The zero-order chi connectivity index (χ0) is 16.2. The van der Waals surface area contributed by atoms with Crippen LogP contribution in [0.2, 0.25) is 5.02 Å². The molecular formula is C17H19ClN2O3. The van der Waals surface area contributed by atoms with Crippen LogP contribution in [0.1, 0.15) is 18.5 Å². The van der Waals surface area contributed by atoms with Crippen LogP contribution in [0.15, 0.2) is 34.9 Å². The molecule has 1 saturated heterocycles. The second-order valence-electron chi connectivity index (χ2n) is 5.83. The van der Waals surface area contributed by atoms with E-state index in [4.69, 9.17) is 21.1 Å². The van der Waals surface area contributed by atoms with Crippen LogP contribution in [0.4, 0.5) is 0 Å². The summed E-state index contributed by atoms with van der Waals surface area (Å²) in [7, 11) is 0. The van der Waals surface area contributed by atoms with Crippen LogP contribution in [0.25, 0.3) is 11.5 Å².